The van der Waals surface area contributed by atoms with Gasteiger partial charge in [0, 0.05) is 11.4 Å². The van der Waals surface area contributed by atoms with Crippen molar-refractivity contribution >= 4 is 17.8 Å². The molecule has 0 unspecified atom stereocenters. The Kier molecular flexibility index (Phi) is 10.5. The van der Waals surface area contributed by atoms with Crippen LogP contribution in [0, 0.1) is 6.92 Å². The first-order chi connectivity index (χ1) is 17.0. The lowest BCUT2D eigenvalue weighted by Crippen LogP contribution is -2.03. The smallest absolute Gasteiger partial charge is 0.341 e. The van der Waals surface area contributed by atoms with E-state index in [2.05, 4.69) is 23.0 Å². The number of carbonyl (C=O) groups is 1. The van der Waals surface area contributed by atoms with Crippen LogP contribution in [0.5, 0.6) is 5.75 Å². The summed E-state index contributed by atoms with van der Waals surface area (Å²) in [5.74, 6) is -0.652. The third kappa shape index (κ3) is 7.74. The molecule has 0 saturated heterocycles. The molecular weight excluding hydrogens is 438 g/mol. The number of nitrogens with one attached hydrogen (secondary N) is 2. The molecule has 0 aliphatic carbocycles. The number of nitrogens with zero attached hydrogens (tertiary/aromatic N) is 1. The summed E-state index contributed by atoms with van der Waals surface area (Å²) in [6.45, 7) is 6.65. The van der Waals surface area contributed by atoms with Crippen LogP contribution >= 0.6 is 0 Å². The van der Waals surface area contributed by atoms with E-state index >= 15 is 0 Å². The van der Waals surface area contributed by atoms with Crippen LogP contribution in [0.15, 0.2) is 35.0 Å². The maximum Gasteiger partial charge on any atom is 0.341 e. The number of aliphatic imine (C=N–C) groups is 1. The predicted octanol–water partition coefficient (Wildman–Crippen LogP) is 8.08. The molecule has 0 bridgehead atoms. The third-order valence-corrected chi connectivity index (χ3v) is 6.29. The zero-order chi connectivity index (χ0) is 25.0. The molecule has 1 aliphatic heterocycles. The summed E-state index contributed by atoms with van der Waals surface area (Å²) in [6.07, 6.45) is 19.5. The SMILES string of the molecule is CCCCCCCCCCCC1=N/C(=C/c2[nH]c(-c3ccc(C)[nH]3)c(C(=O)O)c2OCCC)C=C1. The number of hydrogen-bond donors (Lipinski definition) is 3. The van der Waals surface area contributed by atoms with Gasteiger partial charge in [0.25, 0.3) is 0 Å². The monoisotopic (exact) mass is 479 g/mol. The van der Waals surface area contributed by atoms with E-state index in [-0.39, 0.29) is 5.56 Å². The summed E-state index contributed by atoms with van der Waals surface area (Å²) in [5, 5.41) is 9.97. The Morgan fingerprint density at radius 2 is 1.69 bits per heavy atom. The Balaban J connectivity index is 1.66. The fourth-order valence-electron chi connectivity index (χ4n) is 4.42. The molecule has 190 valence electrons. The number of aromatic amines is 2. The number of aromatic nitrogens is 2. The number of aromatic carboxylic acids is 1. The van der Waals surface area contributed by atoms with Crippen molar-refractivity contribution in [3.8, 4) is 17.1 Å². The van der Waals surface area contributed by atoms with E-state index in [9.17, 15) is 9.90 Å². The second-order valence-corrected chi connectivity index (χ2v) is 9.41. The minimum Gasteiger partial charge on any atom is -0.490 e. The van der Waals surface area contributed by atoms with Crippen molar-refractivity contribution in [3.63, 3.8) is 0 Å². The van der Waals surface area contributed by atoms with Crippen molar-refractivity contribution in [2.75, 3.05) is 6.61 Å². The first-order valence-electron chi connectivity index (χ1n) is 13.3. The molecule has 6 nitrogen and oxygen atoms in total. The van der Waals surface area contributed by atoms with Crippen LogP contribution in [-0.2, 0) is 0 Å². The highest BCUT2D eigenvalue weighted by molar-refractivity contribution is 6.01. The van der Waals surface area contributed by atoms with Gasteiger partial charge in [-0.25, -0.2) is 4.79 Å². The minimum absolute atomic E-state index is 0.146. The van der Waals surface area contributed by atoms with Gasteiger partial charge < -0.3 is 19.8 Å². The molecule has 0 amide bonds. The van der Waals surface area contributed by atoms with E-state index in [1.807, 2.05) is 38.1 Å². The van der Waals surface area contributed by atoms with Crippen LogP contribution in [0.3, 0.4) is 0 Å². The Labute approximate surface area is 209 Å². The van der Waals surface area contributed by atoms with Crippen molar-refractivity contribution in [1.29, 1.82) is 0 Å². The zero-order valence-electron chi connectivity index (χ0n) is 21.6. The Hall–Kier alpha value is -3.02. The van der Waals surface area contributed by atoms with Gasteiger partial charge in [-0.15, -0.1) is 0 Å². The van der Waals surface area contributed by atoms with Gasteiger partial charge in [0.15, 0.2) is 5.75 Å². The molecule has 0 atom stereocenters. The molecule has 3 rings (SSSR count). The van der Waals surface area contributed by atoms with Crippen molar-refractivity contribution in [1.82, 2.24) is 9.97 Å². The van der Waals surface area contributed by atoms with Crippen LogP contribution in [0.2, 0.25) is 0 Å². The molecule has 0 spiro atoms. The number of ether oxygens (including phenoxy) is 1. The van der Waals surface area contributed by atoms with Crippen molar-refractivity contribution < 1.29 is 14.6 Å². The van der Waals surface area contributed by atoms with Crippen LogP contribution in [-0.4, -0.2) is 33.4 Å². The number of carboxylic acids is 1. The van der Waals surface area contributed by atoms with Crippen molar-refractivity contribution in [2.45, 2.75) is 91.4 Å². The zero-order valence-corrected chi connectivity index (χ0v) is 21.6. The summed E-state index contributed by atoms with van der Waals surface area (Å²) < 4.78 is 5.91. The second-order valence-electron chi connectivity index (χ2n) is 9.41. The average molecular weight is 480 g/mol. The fourth-order valence-corrected chi connectivity index (χ4v) is 4.42. The lowest BCUT2D eigenvalue weighted by molar-refractivity contribution is 0.0693. The molecule has 2 aromatic rings. The summed E-state index contributed by atoms with van der Waals surface area (Å²) in [4.78, 5) is 23.4. The van der Waals surface area contributed by atoms with Gasteiger partial charge in [-0.2, -0.15) is 0 Å². The van der Waals surface area contributed by atoms with Gasteiger partial charge >= 0.3 is 5.97 Å². The van der Waals surface area contributed by atoms with Gasteiger partial charge in [0.2, 0.25) is 0 Å². The van der Waals surface area contributed by atoms with E-state index in [1.165, 1.54) is 51.4 Å². The Morgan fingerprint density at radius 1 is 0.971 bits per heavy atom. The Bertz CT molecular complexity index is 1060. The molecule has 0 radical (unpaired) electrons. The quantitative estimate of drug-likeness (QED) is 0.213. The maximum atomic E-state index is 12.2. The normalized spacial score (nSPS) is 14.1. The van der Waals surface area contributed by atoms with Crippen LogP contribution < -0.4 is 4.74 Å². The topological polar surface area (TPSA) is 90.5 Å². The first-order valence-corrected chi connectivity index (χ1v) is 13.3. The van der Waals surface area contributed by atoms with Gasteiger partial charge in [-0.05, 0) is 56.5 Å². The molecule has 3 heterocycles. The Morgan fingerprint density at radius 3 is 2.31 bits per heavy atom. The van der Waals surface area contributed by atoms with Gasteiger partial charge in [-0.3, -0.25) is 4.99 Å². The van der Waals surface area contributed by atoms with Gasteiger partial charge in [0.05, 0.1) is 29.4 Å². The average Bonchev–Trinajstić information content (AvgIpc) is 3.55. The lowest BCUT2D eigenvalue weighted by atomic mass is 10.1. The van der Waals surface area contributed by atoms with E-state index < -0.39 is 5.97 Å². The van der Waals surface area contributed by atoms with E-state index in [1.54, 1.807) is 0 Å². The number of allylic oxidation sites excluding steroid dienone is 2. The highest BCUT2D eigenvalue weighted by atomic mass is 16.5. The van der Waals surface area contributed by atoms with E-state index in [0.29, 0.717) is 23.7 Å². The van der Waals surface area contributed by atoms with E-state index in [0.717, 1.165) is 42.1 Å². The third-order valence-electron chi connectivity index (χ3n) is 6.29. The molecule has 3 N–H and O–H groups in total. The maximum absolute atomic E-state index is 12.2. The highest BCUT2D eigenvalue weighted by Crippen LogP contribution is 2.36. The van der Waals surface area contributed by atoms with Gasteiger partial charge in [-0.1, -0.05) is 65.2 Å². The second kappa shape index (κ2) is 13.8. The summed E-state index contributed by atoms with van der Waals surface area (Å²) >= 11 is 0. The van der Waals surface area contributed by atoms with Crippen LogP contribution in [0.25, 0.3) is 17.5 Å². The highest BCUT2D eigenvalue weighted by Gasteiger charge is 2.25. The minimum atomic E-state index is -1.02. The summed E-state index contributed by atoms with van der Waals surface area (Å²) in [5.41, 5.74) is 4.88. The molecule has 0 fully saturated rings. The summed E-state index contributed by atoms with van der Waals surface area (Å²) in [7, 11) is 0. The molecule has 6 heteroatoms. The van der Waals surface area contributed by atoms with Crippen LogP contribution in [0.1, 0.15) is 106 Å². The summed E-state index contributed by atoms with van der Waals surface area (Å²) in [6, 6.07) is 3.81. The lowest BCUT2D eigenvalue weighted by Gasteiger charge is -2.06. The number of hydrogen-bond acceptors (Lipinski definition) is 3. The first kappa shape index (κ1) is 26.6. The van der Waals surface area contributed by atoms with Crippen molar-refractivity contribution in [3.05, 3.63) is 46.9 Å². The molecule has 1 aliphatic rings. The molecule has 35 heavy (non-hydrogen) atoms. The predicted molar refractivity (Wildman–Crippen MR) is 144 cm³/mol. The molecule has 2 aromatic heterocycles. The fraction of sp³-hybridized carbons (Fsp3) is 0.517. The van der Waals surface area contributed by atoms with E-state index in [4.69, 9.17) is 9.73 Å². The standard InChI is InChI=1S/C29H41N3O3/c1-4-6-7-8-9-10-11-12-13-14-22-16-17-23(31-22)20-25-28(35-19-5-2)26(29(33)34)27(32-25)24-18-15-21(3)30-24/h15-18,20,30,32H,4-14,19H2,1-3H3,(H,33,34)/b23-20+. The number of rotatable bonds is 16. The van der Waals surface area contributed by atoms with Crippen molar-refractivity contribution in [2.24, 2.45) is 4.99 Å². The molecular formula is C29H41N3O3. The molecule has 0 saturated carbocycles. The van der Waals surface area contributed by atoms with Crippen LogP contribution in [0.4, 0.5) is 0 Å². The number of unbranched alkanes of at least 4 members (excludes halogenated alkanes) is 8. The number of aryl methyl sites for hydroxylation is 1. The van der Waals surface area contributed by atoms with Gasteiger partial charge in [0.1, 0.15) is 5.56 Å². The largest absolute Gasteiger partial charge is 0.490 e. The number of carboxylic acid groups (broad SMARTS) is 1. The molecule has 0 aromatic carbocycles. The number of H-pyrrole nitrogens is 2.